The molecule has 0 radical (unpaired) electrons. The second-order valence-electron chi connectivity index (χ2n) is 11.6. The number of esters is 1. The van der Waals surface area contributed by atoms with Gasteiger partial charge in [0.05, 0.1) is 25.4 Å². The number of rotatable bonds is 19. The van der Waals surface area contributed by atoms with Crippen molar-refractivity contribution in [2.45, 2.75) is 104 Å². The molecule has 0 fully saturated rings. The highest BCUT2D eigenvalue weighted by molar-refractivity contribution is 5.87. The van der Waals surface area contributed by atoms with Crippen LogP contribution in [0.5, 0.6) is 0 Å². The van der Waals surface area contributed by atoms with E-state index in [1.165, 1.54) is 75.3 Å². The van der Waals surface area contributed by atoms with Crippen LogP contribution in [-0.4, -0.2) is 36.0 Å². The van der Waals surface area contributed by atoms with Gasteiger partial charge >= 0.3 is 5.97 Å². The predicted molar refractivity (Wildman–Crippen MR) is 163 cm³/mol. The van der Waals surface area contributed by atoms with E-state index in [1.54, 1.807) is 0 Å². The highest BCUT2D eigenvalue weighted by atomic mass is 16.5. The molecule has 0 aromatic heterocycles. The van der Waals surface area contributed by atoms with Gasteiger partial charge in [-0.25, -0.2) is 4.79 Å². The Kier molecular flexibility index (Phi) is 15.4. The number of carbonyl (C=O) groups excluding carboxylic acids is 1. The van der Waals surface area contributed by atoms with E-state index in [-0.39, 0.29) is 24.7 Å². The molecule has 0 bridgehead atoms. The van der Waals surface area contributed by atoms with Crippen LogP contribution in [0, 0.1) is 17.8 Å². The lowest BCUT2D eigenvalue weighted by atomic mass is 9.75. The van der Waals surface area contributed by atoms with Crippen LogP contribution < -0.4 is 0 Å². The van der Waals surface area contributed by atoms with Crippen molar-refractivity contribution in [1.29, 1.82) is 0 Å². The molecule has 4 atom stereocenters. The summed E-state index contributed by atoms with van der Waals surface area (Å²) in [4.78, 5) is 12.0. The monoisotopic (exact) mass is 538 g/mol. The van der Waals surface area contributed by atoms with Gasteiger partial charge in [-0.05, 0) is 66.6 Å². The van der Waals surface area contributed by atoms with Crippen LogP contribution in [0.15, 0.2) is 54.6 Å². The van der Waals surface area contributed by atoms with Gasteiger partial charge in [0.2, 0.25) is 0 Å². The lowest BCUT2D eigenvalue weighted by Crippen LogP contribution is -2.18. The average Bonchev–Trinajstić information content (AvgIpc) is 2.98. The Bertz CT molecular complexity index is 913. The molecular formula is C35H54O4. The maximum absolute atomic E-state index is 12.0. The third-order valence-electron chi connectivity index (χ3n) is 8.79. The Morgan fingerprint density at radius 1 is 1.00 bits per heavy atom. The number of aliphatic hydroxyl groups is 2. The molecule has 218 valence electrons. The van der Waals surface area contributed by atoms with Crippen LogP contribution in [0.25, 0.3) is 5.57 Å². The fraction of sp³-hybridized carbons (Fsp3) is 0.629. The number of ether oxygens (including phenoxy) is 1. The number of hydrogen-bond acceptors (Lipinski definition) is 4. The number of allylic oxidation sites excluding steroid dienone is 2. The van der Waals surface area contributed by atoms with Crippen LogP contribution >= 0.6 is 0 Å². The molecule has 1 aromatic rings. The van der Waals surface area contributed by atoms with Crippen LogP contribution in [0.1, 0.15) is 115 Å². The van der Waals surface area contributed by atoms with Gasteiger partial charge in [0.1, 0.15) is 0 Å². The fourth-order valence-electron chi connectivity index (χ4n) is 6.00. The number of aliphatic hydroxyl groups excluding tert-OH is 2. The number of carbonyl (C=O) groups is 1. The third-order valence-corrected chi connectivity index (χ3v) is 8.79. The summed E-state index contributed by atoms with van der Waals surface area (Å²) in [5, 5.41) is 18.6. The SMILES string of the molecule is C=C(CO)CC(COC(=O)C(=C)CO)c1ccc(C2=CCC(C(CC)CCC(CC)CCCCC)CC2)cc1. The van der Waals surface area contributed by atoms with Crippen LogP contribution in [0.2, 0.25) is 0 Å². The van der Waals surface area contributed by atoms with Crippen molar-refractivity contribution in [2.24, 2.45) is 17.8 Å². The van der Waals surface area contributed by atoms with Crippen LogP contribution in [-0.2, 0) is 9.53 Å². The van der Waals surface area contributed by atoms with Crippen LogP contribution in [0.4, 0.5) is 0 Å². The standard InChI is InChI=1S/C35H54O4/c1-6-9-10-11-28(7-2)12-13-29(8-3)30-14-16-31(17-15-30)32-18-20-33(21-19-32)34(22-26(4)23-36)25-39-35(38)27(5)24-37/h16,18-21,28-30,34,36-37H,4-15,17,22-25H2,1-3H3. The summed E-state index contributed by atoms with van der Waals surface area (Å²) in [6, 6.07) is 8.55. The zero-order valence-corrected chi connectivity index (χ0v) is 24.9. The molecular weight excluding hydrogens is 484 g/mol. The highest BCUT2D eigenvalue weighted by Crippen LogP contribution is 2.38. The van der Waals surface area contributed by atoms with Crippen molar-refractivity contribution in [3.8, 4) is 0 Å². The topological polar surface area (TPSA) is 66.8 Å². The molecule has 0 amide bonds. The maximum Gasteiger partial charge on any atom is 0.335 e. The molecule has 0 saturated carbocycles. The minimum atomic E-state index is -0.595. The van der Waals surface area contributed by atoms with Crippen molar-refractivity contribution in [3.05, 3.63) is 65.8 Å². The van der Waals surface area contributed by atoms with Gasteiger partial charge in [-0.15, -0.1) is 0 Å². The maximum atomic E-state index is 12.0. The molecule has 1 aliphatic carbocycles. The normalized spacial score (nSPS) is 17.7. The van der Waals surface area contributed by atoms with E-state index in [2.05, 4.69) is 64.3 Å². The summed E-state index contributed by atoms with van der Waals surface area (Å²) >= 11 is 0. The lowest BCUT2D eigenvalue weighted by molar-refractivity contribution is -0.140. The molecule has 0 spiro atoms. The summed E-state index contributed by atoms with van der Waals surface area (Å²) < 4.78 is 5.38. The van der Waals surface area contributed by atoms with Gasteiger partial charge in [-0.3, -0.25) is 0 Å². The van der Waals surface area contributed by atoms with Gasteiger partial charge < -0.3 is 14.9 Å². The molecule has 2 rings (SSSR count). The second-order valence-corrected chi connectivity index (χ2v) is 11.6. The molecule has 0 saturated heterocycles. The van der Waals surface area contributed by atoms with Crippen molar-refractivity contribution >= 4 is 11.5 Å². The molecule has 4 unspecified atom stereocenters. The molecule has 39 heavy (non-hydrogen) atoms. The minimum Gasteiger partial charge on any atom is -0.462 e. The molecule has 0 heterocycles. The molecule has 2 N–H and O–H groups in total. The first kappa shape index (κ1) is 33.0. The highest BCUT2D eigenvalue weighted by Gasteiger charge is 2.24. The van der Waals surface area contributed by atoms with E-state index in [0.29, 0.717) is 12.0 Å². The van der Waals surface area contributed by atoms with E-state index in [1.807, 2.05) is 0 Å². The zero-order valence-electron chi connectivity index (χ0n) is 24.9. The van der Waals surface area contributed by atoms with Gasteiger partial charge in [-0.2, -0.15) is 0 Å². The third kappa shape index (κ3) is 11.1. The van der Waals surface area contributed by atoms with Crippen molar-refractivity contribution in [1.82, 2.24) is 0 Å². The summed E-state index contributed by atoms with van der Waals surface area (Å²) in [7, 11) is 0. The summed E-state index contributed by atoms with van der Waals surface area (Å²) in [5.74, 6) is 1.81. The van der Waals surface area contributed by atoms with E-state index < -0.39 is 12.6 Å². The summed E-state index contributed by atoms with van der Waals surface area (Å²) in [5.41, 5.74) is 4.47. The fourth-order valence-corrected chi connectivity index (χ4v) is 6.00. The zero-order chi connectivity index (χ0) is 28.6. The number of benzene rings is 1. The number of unbranched alkanes of at least 4 members (excludes halogenated alkanes) is 2. The van der Waals surface area contributed by atoms with Gasteiger partial charge in [0.25, 0.3) is 0 Å². The average molecular weight is 539 g/mol. The first-order chi connectivity index (χ1) is 18.9. The van der Waals surface area contributed by atoms with E-state index in [0.717, 1.165) is 29.7 Å². The van der Waals surface area contributed by atoms with E-state index in [9.17, 15) is 9.90 Å². The Labute approximate surface area is 238 Å². The van der Waals surface area contributed by atoms with Crippen molar-refractivity contribution in [3.63, 3.8) is 0 Å². The van der Waals surface area contributed by atoms with Crippen molar-refractivity contribution in [2.75, 3.05) is 19.8 Å². The first-order valence-corrected chi connectivity index (χ1v) is 15.4. The Morgan fingerprint density at radius 3 is 2.31 bits per heavy atom. The largest absolute Gasteiger partial charge is 0.462 e. The minimum absolute atomic E-state index is 0.0371. The smallest absolute Gasteiger partial charge is 0.335 e. The molecule has 1 aliphatic rings. The van der Waals surface area contributed by atoms with Gasteiger partial charge in [-0.1, -0.05) is 115 Å². The molecule has 4 heteroatoms. The summed E-state index contributed by atoms with van der Waals surface area (Å²) in [6.07, 6.45) is 17.4. The molecule has 1 aromatic carbocycles. The second kappa shape index (κ2) is 18.2. The lowest BCUT2D eigenvalue weighted by Gasteiger charge is -2.30. The number of hydrogen-bond donors (Lipinski definition) is 2. The van der Waals surface area contributed by atoms with Gasteiger partial charge in [0.15, 0.2) is 0 Å². The van der Waals surface area contributed by atoms with Crippen LogP contribution in [0.3, 0.4) is 0 Å². The molecule has 4 nitrogen and oxygen atoms in total. The van der Waals surface area contributed by atoms with E-state index >= 15 is 0 Å². The van der Waals surface area contributed by atoms with Gasteiger partial charge in [0, 0.05) is 5.92 Å². The predicted octanol–water partition coefficient (Wildman–Crippen LogP) is 8.40. The van der Waals surface area contributed by atoms with E-state index in [4.69, 9.17) is 9.84 Å². The summed E-state index contributed by atoms with van der Waals surface area (Å²) in [6.45, 7) is 14.1. The molecule has 0 aliphatic heterocycles. The quantitative estimate of drug-likeness (QED) is 0.0803. The Hall–Kier alpha value is -2.17. The Balaban J connectivity index is 1.99. The van der Waals surface area contributed by atoms with Crippen molar-refractivity contribution < 1.29 is 19.7 Å². The Morgan fingerprint density at radius 2 is 1.74 bits per heavy atom. The first-order valence-electron chi connectivity index (χ1n) is 15.4.